The lowest BCUT2D eigenvalue weighted by atomic mass is 10.1. The molecule has 0 aromatic heterocycles. The van der Waals surface area contributed by atoms with Crippen molar-refractivity contribution >= 4 is 147 Å². The number of carbonyl (C=O) groups is 5. The normalized spacial score (nSPS) is 11.3. The molecule has 13 nitrogen and oxygen atoms in total. The van der Waals surface area contributed by atoms with Gasteiger partial charge in [0, 0.05) is 120 Å². The Morgan fingerprint density at radius 1 is 0.435 bits per heavy atom. The minimum Gasteiger partial charge on any atom is -0.395 e. The maximum atomic E-state index is 13.2. The number of rotatable bonds is 64. The number of carbonyl (C=O) groups excluding carboxylic acids is 5. The van der Waals surface area contributed by atoms with Crippen molar-refractivity contribution in [2.24, 2.45) is 5.73 Å². The molecule has 0 radical (unpaired) electrons. The molecule has 0 aliphatic heterocycles. The number of nitrogens with one attached hydrogen (secondary N) is 2. The van der Waals surface area contributed by atoms with Gasteiger partial charge in [-0.15, -0.1) is 6.58 Å². The van der Waals surface area contributed by atoms with Crippen LogP contribution in [0.5, 0.6) is 0 Å². The number of hydrogen-bond acceptors (Lipinski definition) is 18. The Balaban J connectivity index is 1.93. The molecule has 1 rings (SSSR count). The van der Waals surface area contributed by atoms with Gasteiger partial charge in [-0.3, -0.25) is 24.0 Å². The maximum Gasteiger partial charge on any atom is 0.223 e. The zero-order chi connectivity index (χ0) is 61.7. The number of aliphatic hydroxyl groups excluding tert-OH is 1. The SMILES string of the molecule is C=CCN(CCc1ccccc1)C(=O)CCSCCCSCCCNC(=O)CCSCCCSCCCNC(=O)CCSCCCSCCCN(CCN(C)C)C(=O)CCSCCCSCCCN(CCO)C(=O)CCSCCCSCCCN. The van der Waals surface area contributed by atoms with Crippen LogP contribution in [0.15, 0.2) is 43.0 Å². The molecule has 0 unspecified atom stereocenters. The van der Waals surface area contributed by atoms with Crippen LogP contribution >= 0.6 is 118 Å². The Kier molecular flexibility index (Phi) is 62.1. The highest BCUT2D eigenvalue weighted by Gasteiger charge is 2.16. The Labute approximate surface area is 559 Å². The molecule has 0 aliphatic carbocycles. The summed E-state index contributed by atoms with van der Waals surface area (Å²) in [5.41, 5.74) is 6.80. The summed E-state index contributed by atoms with van der Waals surface area (Å²) in [7, 11) is 4.12. The van der Waals surface area contributed by atoms with E-state index in [9.17, 15) is 29.1 Å². The molecule has 492 valence electrons. The number of likely N-dealkylation sites (N-methyl/N-ethyl adjacent to an activating group) is 1. The third-order valence-electron chi connectivity index (χ3n) is 12.8. The molecule has 0 heterocycles. The van der Waals surface area contributed by atoms with Gasteiger partial charge in [0.25, 0.3) is 0 Å². The molecule has 5 N–H and O–H groups in total. The van der Waals surface area contributed by atoms with Gasteiger partial charge in [0.05, 0.1) is 6.61 Å². The fraction of sp³-hybridized carbons (Fsp3) is 0.790. The second-order valence-electron chi connectivity index (χ2n) is 20.6. The average molecular weight is 1370 g/mol. The van der Waals surface area contributed by atoms with Gasteiger partial charge in [0.15, 0.2) is 0 Å². The van der Waals surface area contributed by atoms with E-state index in [-0.39, 0.29) is 36.1 Å². The fourth-order valence-corrected chi connectivity index (χ4v) is 17.8. The van der Waals surface area contributed by atoms with Crippen molar-refractivity contribution in [2.75, 3.05) is 201 Å². The van der Waals surface area contributed by atoms with Crippen LogP contribution in [-0.2, 0) is 30.4 Å². The van der Waals surface area contributed by atoms with E-state index < -0.39 is 0 Å². The molecule has 0 saturated carbocycles. The molecule has 0 bridgehead atoms. The summed E-state index contributed by atoms with van der Waals surface area (Å²) in [5.74, 6) is 21.4. The highest BCUT2D eigenvalue weighted by molar-refractivity contribution is 8.01. The van der Waals surface area contributed by atoms with E-state index in [0.29, 0.717) is 51.7 Å². The van der Waals surface area contributed by atoms with E-state index in [0.717, 1.165) is 231 Å². The monoisotopic (exact) mass is 1370 g/mol. The average Bonchev–Trinajstić information content (AvgIpc) is 3.50. The first-order valence-electron chi connectivity index (χ1n) is 31.4. The van der Waals surface area contributed by atoms with Crippen LogP contribution in [0.4, 0.5) is 0 Å². The first-order chi connectivity index (χ1) is 41.6. The maximum absolute atomic E-state index is 13.2. The summed E-state index contributed by atoms with van der Waals surface area (Å²) >= 11 is 19.1. The molecule has 0 aliphatic rings. The van der Waals surface area contributed by atoms with Crippen molar-refractivity contribution in [1.29, 1.82) is 0 Å². The third kappa shape index (κ3) is 55.1. The zero-order valence-electron chi connectivity index (χ0n) is 52.3. The molecule has 1 aromatic rings. The Morgan fingerprint density at radius 3 is 1.18 bits per heavy atom. The predicted octanol–water partition coefficient (Wildman–Crippen LogP) is 10.8. The smallest absolute Gasteiger partial charge is 0.223 e. The standard InChI is InChI=1S/C62H113N7O6S10/c1-4-29-67(32-20-57-18-6-5-7-19-57)60(73)23-54-83-50-15-44-78-39-10-28-65-58(71)21-52-81-47-14-43-77-38-9-27-64-59(72)22-53-82-48-16-45-79-40-11-30-68(34-33-66(2)3)61(74)24-55-84-51-17-46-80-41-12-31-69(35-36-70)62(75)25-56-85-49-13-42-76-37-8-26-63/h4-7,18-19,70H,1,8-17,20-56,63H2,2-3H3,(H,64,72)(H,65,71). The molecule has 0 saturated heterocycles. The number of nitrogens with two attached hydrogens (primary N) is 1. The van der Waals surface area contributed by atoms with Gasteiger partial charge >= 0.3 is 0 Å². The van der Waals surface area contributed by atoms with Crippen LogP contribution in [0.2, 0.25) is 0 Å². The zero-order valence-corrected chi connectivity index (χ0v) is 60.5. The molecule has 1 aromatic carbocycles. The summed E-state index contributed by atoms with van der Waals surface area (Å²) in [4.78, 5) is 71.3. The van der Waals surface area contributed by atoms with Crippen molar-refractivity contribution < 1.29 is 29.1 Å². The lowest BCUT2D eigenvalue weighted by molar-refractivity contribution is -0.131. The Bertz CT molecular complexity index is 1760. The quantitative estimate of drug-likeness (QED) is 0.0359. The van der Waals surface area contributed by atoms with Crippen LogP contribution in [0.25, 0.3) is 0 Å². The van der Waals surface area contributed by atoms with Crippen molar-refractivity contribution in [3.05, 3.63) is 48.6 Å². The second kappa shape index (κ2) is 63.8. The van der Waals surface area contributed by atoms with Crippen molar-refractivity contribution in [1.82, 2.24) is 30.2 Å². The Morgan fingerprint density at radius 2 is 0.788 bits per heavy atom. The van der Waals surface area contributed by atoms with Crippen molar-refractivity contribution in [3.63, 3.8) is 0 Å². The van der Waals surface area contributed by atoms with Gasteiger partial charge in [-0.1, -0.05) is 36.4 Å². The number of thioether (sulfide) groups is 10. The first kappa shape index (κ1) is 82.7. The highest BCUT2D eigenvalue weighted by Crippen LogP contribution is 2.17. The first-order valence-corrected chi connectivity index (χ1v) is 42.9. The molecule has 0 spiro atoms. The van der Waals surface area contributed by atoms with Crippen LogP contribution in [-0.4, -0.2) is 255 Å². The molecule has 5 amide bonds. The van der Waals surface area contributed by atoms with Gasteiger partial charge in [-0.25, -0.2) is 0 Å². The van der Waals surface area contributed by atoms with Gasteiger partial charge in [0.1, 0.15) is 0 Å². The van der Waals surface area contributed by atoms with E-state index in [1.165, 1.54) is 5.56 Å². The van der Waals surface area contributed by atoms with Crippen LogP contribution < -0.4 is 16.4 Å². The van der Waals surface area contributed by atoms with E-state index >= 15 is 0 Å². The van der Waals surface area contributed by atoms with Gasteiger partial charge in [0.2, 0.25) is 29.5 Å². The molecule has 0 atom stereocenters. The fourth-order valence-electron chi connectivity index (χ4n) is 8.05. The van der Waals surface area contributed by atoms with Crippen LogP contribution in [0, 0.1) is 0 Å². The van der Waals surface area contributed by atoms with Crippen molar-refractivity contribution in [2.45, 2.75) is 103 Å². The van der Waals surface area contributed by atoms with Crippen molar-refractivity contribution in [3.8, 4) is 0 Å². The van der Waals surface area contributed by atoms with Gasteiger partial charge in [-0.05, 0) is 183 Å². The number of nitrogens with zero attached hydrogens (tertiary/aromatic N) is 4. The minimum atomic E-state index is 0.00699. The second-order valence-corrected chi connectivity index (χ2v) is 32.8. The summed E-state index contributed by atoms with van der Waals surface area (Å²) in [6.45, 7) is 11.0. The lowest BCUT2D eigenvalue weighted by Gasteiger charge is -2.24. The molecule has 0 fully saturated rings. The summed E-state index contributed by atoms with van der Waals surface area (Å²) in [5, 5.41) is 15.7. The largest absolute Gasteiger partial charge is 0.395 e. The summed E-state index contributed by atoms with van der Waals surface area (Å²) in [6.07, 6.45) is 16.2. The van der Waals surface area contributed by atoms with Gasteiger partial charge in [-0.2, -0.15) is 118 Å². The molecule has 23 heteroatoms. The minimum absolute atomic E-state index is 0.00699. The van der Waals surface area contributed by atoms with E-state index in [1.54, 1.807) is 0 Å². The molecule has 85 heavy (non-hydrogen) atoms. The predicted molar refractivity (Wildman–Crippen MR) is 393 cm³/mol. The van der Waals surface area contributed by atoms with E-state index in [4.69, 9.17) is 5.73 Å². The summed E-state index contributed by atoms with van der Waals surface area (Å²) in [6, 6.07) is 10.3. The van der Waals surface area contributed by atoms with E-state index in [1.807, 2.05) is 152 Å². The molecular weight excluding hydrogens is 1260 g/mol. The highest BCUT2D eigenvalue weighted by atomic mass is 32.2. The molecular formula is C62H113N7O6S10. The topological polar surface area (TPSA) is 169 Å². The van der Waals surface area contributed by atoms with Crippen LogP contribution in [0.3, 0.4) is 0 Å². The third-order valence-corrected chi connectivity index (χ3v) is 23.9. The number of aliphatic hydroxyl groups is 1. The van der Waals surface area contributed by atoms with Gasteiger partial charge < -0.3 is 41.1 Å². The number of benzene rings is 1. The van der Waals surface area contributed by atoms with E-state index in [2.05, 4.69) is 53.2 Å². The lowest BCUT2D eigenvalue weighted by Crippen LogP contribution is -2.37. The number of amides is 5. The number of hydrogen-bond donors (Lipinski definition) is 4. The summed E-state index contributed by atoms with van der Waals surface area (Å²) < 4.78 is 0. The van der Waals surface area contributed by atoms with Crippen LogP contribution in [0.1, 0.15) is 102 Å². The Hall–Kier alpha value is -0.310.